The maximum atomic E-state index is 5.58. The number of aromatic nitrogens is 2. The Bertz CT molecular complexity index is 2090. The lowest BCUT2D eigenvalue weighted by Crippen LogP contribution is -1.92. The molecule has 0 saturated heterocycles. The van der Waals surface area contributed by atoms with E-state index in [2.05, 4.69) is 81.4 Å². The van der Waals surface area contributed by atoms with Crippen molar-refractivity contribution in [3.05, 3.63) is 120 Å². The summed E-state index contributed by atoms with van der Waals surface area (Å²) < 4.78 is 11.1. The molecule has 0 bridgehead atoms. The fourth-order valence-electron chi connectivity index (χ4n) is 5.63. The molecule has 0 fully saturated rings. The van der Waals surface area contributed by atoms with E-state index in [4.69, 9.17) is 8.83 Å². The van der Waals surface area contributed by atoms with E-state index in [-0.39, 0.29) is 0 Å². The predicted octanol–water partition coefficient (Wildman–Crippen LogP) is 10.4. The van der Waals surface area contributed by atoms with Gasteiger partial charge in [0, 0.05) is 38.6 Å². The van der Waals surface area contributed by atoms with Crippen LogP contribution in [0.15, 0.2) is 128 Å². The molecule has 6 heteroatoms. The highest BCUT2D eigenvalue weighted by atomic mass is 32.1. The van der Waals surface area contributed by atoms with E-state index in [1.54, 1.807) is 35.2 Å². The Balaban J connectivity index is 1.46. The second-order valence-electron chi connectivity index (χ2n) is 9.58. The van der Waals surface area contributed by atoms with Crippen LogP contribution in [0.5, 0.6) is 0 Å². The van der Waals surface area contributed by atoms with E-state index in [1.165, 1.54) is 5.39 Å². The molecule has 4 heterocycles. The second kappa shape index (κ2) is 9.45. The minimum Gasteiger partial charge on any atom is -0.472 e. The first-order valence-corrected chi connectivity index (χ1v) is 14.7. The van der Waals surface area contributed by atoms with E-state index in [9.17, 15) is 0 Å². The lowest BCUT2D eigenvalue weighted by Gasteiger charge is -2.17. The highest BCUT2D eigenvalue weighted by Crippen LogP contribution is 2.45. The van der Waals surface area contributed by atoms with Crippen LogP contribution in [-0.2, 0) is 0 Å². The summed E-state index contributed by atoms with van der Waals surface area (Å²) in [6.45, 7) is 0. The van der Waals surface area contributed by atoms with Crippen LogP contribution >= 0.6 is 22.7 Å². The maximum absolute atomic E-state index is 5.58. The molecule has 4 aromatic carbocycles. The molecule has 0 spiro atoms. The SMILES string of the molecule is c1ccc2c(-c3ccoc3)c(-c3ccc4c(-c5cscn5)ccc(-c5cscn5)c4c3)cc(-c3ccoc3)c2c1. The average molecular weight is 553 g/mol. The van der Waals surface area contributed by atoms with Crippen LogP contribution in [0.1, 0.15) is 0 Å². The van der Waals surface area contributed by atoms with Crippen molar-refractivity contribution >= 4 is 44.2 Å². The number of rotatable bonds is 5. The molecule has 0 atom stereocenters. The summed E-state index contributed by atoms with van der Waals surface area (Å²) in [6.07, 6.45) is 7.09. The lowest BCUT2D eigenvalue weighted by atomic mass is 9.85. The van der Waals surface area contributed by atoms with Crippen molar-refractivity contribution in [1.82, 2.24) is 9.97 Å². The molecule has 190 valence electrons. The standard InChI is InChI=1S/C34H20N2O2S2/c1-2-4-28-24(3-1)29(22-9-11-37-15-22)14-30(34(28)23-10-12-38-16-23)21-5-6-25-26(32-17-39-19-35-32)7-8-27(31(25)13-21)33-18-40-20-36-33/h1-20H. The average Bonchev–Trinajstić information content (AvgIpc) is 3.84. The predicted molar refractivity (Wildman–Crippen MR) is 165 cm³/mol. The number of benzene rings is 4. The molecule has 0 saturated carbocycles. The smallest absolute Gasteiger partial charge is 0.0981 e. The van der Waals surface area contributed by atoms with Gasteiger partial charge in [0.2, 0.25) is 0 Å². The van der Waals surface area contributed by atoms with E-state index < -0.39 is 0 Å². The van der Waals surface area contributed by atoms with Gasteiger partial charge in [0.25, 0.3) is 0 Å². The van der Waals surface area contributed by atoms with Gasteiger partial charge < -0.3 is 8.83 Å². The van der Waals surface area contributed by atoms with Gasteiger partial charge in [0.1, 0.15) is 0 Å². The molecule has 0 amide bonds. The Kier molecular flexibility index (Phi) is 5.47. The highest BCUT2D eigenvalue weighted by Gasteiger charge is 2.19. The normalized spacial score (nSPS) is 11.5. The molecule has 0 unspecified atom stereocenters. The molecule has 0 aliphatic heterocycles. The van der Waals surface area contributed by atoms with Crippen LogP contribution in [0, 0.1) is 0 Å². The largest absolute Gasteiger partial charge is 0.472 e. The van der Waals surface area contributed by atoms with Gasteiger partial charge in [0.05, 0.1) is 47.5 Å². The molecule has 8 rings (SSSR count). The number of fused-ring (bicyclic) bond motifs is 2. The monoisotopic (exact) mass is 552 g/mol. The molecular weight excluding hydrogens is 533 g/mol. The molecule has 0 radical (unpaired) electrons. The Hall–Kier alpha value is -4.78. The molecule has 0 aliphatic carbocycles. The van der Waals surface area contributed by atoms with Crippen molar-refractivity contribution in [1.29, 1.82) is 0 Å². The van der Waals surface area contributed by atoms with Crippen molar-refractivity contribution in [2.75, 3.05) is 0 Å². The van der Waals surface area contributed by atoms with Crippen LogP contribution in [0.25, 0.3) is 77.4 Å². The fraction of sp³-hybridized carbons (Fsp3) is 0. The number of hydrogen-bond acceptors (Lipinski definition) is 6. The molecule has 0 N–H and O–H groups in total. The first-order chi connectivity index (χ1) is 19.8. The van der Waals surface area contributed by atoms with E-state index >= 15 is 0 Å². The molecule has 0 aliphatic rings. The number of thiazole rings is 2. The number of nitrogens with zero attached hydrogens (tertiary/aromatic N) is 2. The minimum atomic E-state index is 0.977. The Morgan fingerprint density at radius 1 is 0.500 bits per heavy atom. The first-order valence-electron chi connectivity index (χ1n) is 12.8. The highest BCUT2D eigenvalue weighted by molar-refractivity contribution is 7.08. The van der Waals surface area contributed by atoms with Gasteiger partial charge in [-0.05, 0) is 62.5 Å². The first kappa shape index (κ1) is 23.1. The lowest BCUT2D eigenvalue weighted by molar-refractivity contribution is 0.568. The third kappa shape index (κ3) is 3.72. The molecular formula is C34H20N2O2S2. The summed E-state index contributed by atoms with van der Waals surface area (Å²) in [5, 5.41) is 8.83. The topological polar surface area (TPSA) is 52.1 Å². The van der Waals surface area contributed by atoms with Crippen molar-refractivity contribution < 1.29 is 8.83 Å². The zero-order valence-corrected chi connectivity index (χ0v) is 22.7. The van der Waals surface area contributed by atoms with Crippen LogP contribution < -0.4 is 0 Å². The summed E-state index contributed by atoms with van der Waals surface area (Å²) >= 11 is 3.22. The number of hydrogen-bond donors (Lipinski definition) is 0. The Labute approximate surface area is 237 Å². The molecule has 40 heavy (non-hydrogen) atoms. The van der Waals surface area contributed by atoms with Crippen molar-refractivity contribution in [3.63, 3.8) is 0 Å². The van der Waals surface area contributed by atoms with Gasteiger partial charge in [-0.15, -0.1) is 22.7 Å². The van der Waals surface area contributed by atoms with Crippen molar-refractivity contribution in [3.8, 4) is 55.9 Å². The maximum Gasteiger partial charge on any atom is 0.0981 e. The zero-order chi connectivity index (χ0) is 26.5. The molecule has 4 nitrogen and oxygen atoms in total. The van der Waals surface area contributed by atoms with Crippen molar-refractivity contribution in [2.24, 2.45) is 0 Å². The molecule has 8 aromatic rings. The van der Waals surface area contributed by atoms with Gasteiger partial charge in [-0.1, -0.05) is 48.5 Å². The van der Waals surface area contributed by atoms with E-state index in [0.29, 0.717) is 0 Å². The number of furan rings is 2. The second-order valence-corrected chi connectivity index (χ2v) is 11.0. The fourth-order valence-corrected chi connectivity index (χ4v) is 6.73. The van der Waals surface area contributed by atoms with Gasteiger partial charge in [0.15, 0.2) is 0 Å². The van der Waals surface area contributed by atoms with Crippen LogP contribution in [0.4, 0.5) is 0 Å². The summed E-state index contributed by atoms with van der Waals surface area (Å²) in [4.78, 5) is 9.28. The summed E-state index contributed by atoms with van der Waals surface area (Å²) in [5.41, 5.74) is 14.6. The van der Waals surface area contributed by atoms with Gasteiger partial charge in [-0.2, -0.15) is 0 Å². The van der Waals surface area contributed by atoms with E-state index in [1.807, 2.05) is 35.7 Å². The van der Waals surface area contributed by atoms with Crippen molar-refractivity contribution in [2.45, 2.75) is 0 Å². The van der Waals surface area contributed by atoms with E-state index in [0.717, 1.165) is 72.1 Å². The van der Waals surface area contributed by atoms with Crippen LogP contribution in [0.3, 0.4) is 0 Å². The summed E-state index contributed by atoms with van der Waals surface area (Å²) in [5.74, 6) is 0. The van der Waals surface area contributed by atoms with Gasteiger partial charge >= 0.3 is 0 Å². The third-order valence-corrected chi connectivity index (χ3v) is 8.60. The molecule has 4 aromatic heterocycles. The Morgan fingerprint density at radius 2 is 1.15 bits per heavy atom. The van der Waals surface area contributed by atoms with Gasteiger partial charge in [-0.3, -0.25) is 0 Å². The van der Waals surface area contributed by atoms with Crippen LogP contribution in [0.2, 0.25) is 0 Å². The third-order valence-electron chi connectivity index (χ3n) is 7.43. The Morgan fingerprint density at radius 3 is 1.80 bits per heavy atom. The quantitative estimate of drug-likeness (QED) is 0.213. The van der Waals surface area contributed by atoms with Gasteiger partial charge in [-0.25, -0.2) is 9.97 Å². The summed E-state index contributed by atoms with van der Waals surface area (Å²) in [6, 6.07) is 25.9. The zero-order valence-electron chi connectivity index (χ0n) is 21.1. The minimum absolute atomic E-state index is 0.977. The summed E-state index contributed by atoms with van der Waals surface area (Å²) in [7, 11) is 0. The van der Waals surface area contributed by atoms with Crippen LogP contribution in [-0.4, -0.2) is 9.97 Å².